The van der Waals surface area contributed by atoms with Crippen molar-refractivity contribution in [3.05, 3.63) is 134 Å². The van der Waals surface area contributed by atoms with Gasteiger partial charge in [0.2, 0.25) is 5.88 Å². The van der Waals surface area contributed by atoms with Crippen molar-refractivity contribution in [2.45, 2.75) is 19.4 Å². The summed E-state index contributed by atoms with van der Waals surface area (Å²) >= 11 is 12.1. The fraction of sp³-hybridized carbons (Fsp3) is 0.0968. The Hall–Kier alpha value is -4.44. The van der Waals surface area contributed by atoms with Crippen LogP contribution in [-0.2, 0) is 6.61 Å². The Morgan fingerprint density at radius 2 is 1.69 bits per heavy atom. The van der Waals surface area contributed by atoms with Crippen LogP contribution in [0.5, 0.6) is 17.2 Å². The Balaban J connectivity index is 1.37. The van der Waals surface area contributed by atoms with Crippen LogP contribution in [-0.4, -0.2) is 5.97 Å². The maximum atomic E-state index is 12.7. The molecule has 4 aromatic rings. The van der Waals surface area contributed by atoms with E-state index in [4.69, 9.17) is 43.1 Å². The Labute approximate surface area is 235 Å². The summed E-state index contributed by atoms with van der Waals surface area (Å²) in [7, 11) is 0. The number of esters is 1. The fourth-order valence-corrected chi connectivity index (χ4v) is 4.75. The molecule has 5 rings (SSSR count). The van der Waals surface area contributed by atoms with Crippen molar-refractivity contribution in [2.24, 2.45) is 5.73 Å². The lowest BCUT2D eigenvalue weighted by atomic mass is 9.83. The van der Waals surface area contributed by atoms with Gasteiger partial charge in [0, 0.05) is 16.7 Å². The molecular weight excluding hydrogens is 535 g/mol. The van der Waals surface area contributed by atoms with Gasteiger partial charge in [-0.3, -0.25) is 0 Å². The summed E-state index contributed by atoms with van der Waals surface area (Å²) in [5.74, 6) is 0.177. The molecule has 0 saturated heterocycles. The monoisotopic (exact) mass is 556 g/mol. The average Bonchev–Trinajstić information content (AvgIpc) is 2.92. The lowest BCUT2D eigenvalue weighted by Crippen LogP contribution is -2.21. The largest absolute Gasteiger partial charge is 0.489 e. The van der Waals surface area contributed by atoms with Gasteiger partial charge in [0.1, 0.15) is 35.5 Å². The number of nitriles is 1. The number of fused-ring (bicyclic) bond motifs is 1. The molecule has 6 nitrogen and oxygen atoms in total. The number of rotatable bonds is 6. The molecule has 0 aliphatic carbocycles. The normalized spacial score (nSPS) is 14.2. The number of nitrogens with zero attached hydrogens (tertiary/aromatic N) is 1. The average molecular weight is 557 g/mol. The minimum atomic E-state index is -0.647. The third kappa shape index (κ3) is 5.70. The minimum absolute atomic E-state index is 0.0149. The molecule has 194 valence electrons. The second kappa shape index (κ2) is 11.1. The van der Waals surface area contributed by atoms with Crippen LogP contribution in [0, 0.1) is 18.3 Å². The van der Waals surface area contributed by atoms with Gasteiger partial charge in [-0.1, -0.05) is 71.2 Å². The van der Waals surface area contributed by atoms with E-state index in [1.165, 1.54) is 17.7 Å². The van der Waals surface area contributed by atoms with Crippen molar-refractivity contribution in [3.8, 4) is 23.3 Å². The van der Waals surface area contributed by atoms with E-state index in [-0.39, 0.29) is 27.8 Å². The van der Waals surface area contributed by atoms with Crippen molar-refractivity contribution in [2.75, 3.05) is 0 Å². The number of carbonyl (C=O) groups is 1. The predicted molar refractivity (Wildman–Crippen MR) is 149 cm³/mol. The molecule has 0 bridgehead atoms. The predicted octanol–water partition coefficient (Wildman–Crippen LogP) is 7.32. The zero-order valence-electron chi connectivity index (χ0n) is 20.8. The number of aryl methyl sites for hydroxylation is 1. The zero-order valence-corrected chi connectivity index (χ0v) is 22.3. The molecule has 0 fully saturated rings. The van der Waals surface area contributed by atoms with Gasteiger partial charge in [-0.2, -0.15) is 5.26 Å². The van der Waals surface area contributed by atoms with Crippen molar-refractivity contribution in [1.82, 2.24) is 0 Å². The number of ether oxygens (including phenoxy) is 3. The molecule has 2 N–H and O–H groups in total. The second-order valence-corrected chi connectivity index (χ2v) is 9.83. The number of nitrogens with two attached hydrogens (primary N) is 1. The Morgan fingerprint density at radius 3 is 2.38 bits per heavy atom. The summed E-state index contributed by atoms with van der Waals surface area (Å²) < 4.78 is 17.2. The summed E-state index contributed by atoms with van der Waals surface area (Å²) in [5.41, 5.74) is 10.4. The smallest absolute Gasteiger partial charge is 0.345 e. The molecular formula is C31H22Cl2N2O4. The summed E-state index contributed by atoms with van der Waals surface area (Å²) in [6.45, 7) is 2.48. The van der Waals surface area contributed by atoms with Gasteiger partial charge < -0.3 is 19.9 Å². The van der Waals surface area contributed by atoms with E-state index in [1.807, 2.05) is 55.5 Å². The molecule has 8 heteroatoms. The first-order valence-electron chi connectivity index (χ1n) is 12.0. The molecule has 1 atom stereocenters. The molecule has 1 unspecified atom stereocenters. The number of hydrogen-bond acceptors (Lipinski definition) is 6. The maximum Gasteiger partial charge on any atom is 0.345 e. The van der Waals surface area contributed by atoms with Crippen LogP contribution < -0.4 is 19.9 Å². The Kier molecular flexibility index (Phi) is 7.47. The molecule has 39 heavy (non-hydrogen) atoms. The van der Waals surface area contributed by atoms with Crippen LogP contribution in [0.2, 0.25) is 10.0 Å². The van der Waals surface area contributed by atoms with Gasteiger partial charge in [0.15, 0.2) is 0 Å². The number of carbonyl (C=O) groups excluding carboxylic acids is 1. The van der Waals surface area contributed by atoms with Crippen LogP contribution in [0.15, 0.2) is 96.4 Å². The quantitative estimate of drug-likeness (QED) is 0.197. The van der Waals surface area contributed by atoms with E-state index in [1.54, 1.807) is 24.3 Å². The topological polar surface area (TPSA) is 94.6 Å². The summed E-state index contributed by atoms with van der Waals surface area (Å²) in [6, 6.07) is 27.3. The lowest BCUT2D eigenvalue weighted by molar-refractivity contribution is 0.0734. The first-order chi connectivity index (χ1) is 18.8. The molecule has 1 heterocycles. The molecule has 0 saturated carbocycles. The number of hydrogen-bond donors (Lipinski definition) is 1. The highest BCUT2D eigenvalue weighted by molar-refractivity contribution is 6.36. The van der Waals surface area contributed by atoms with Crippen LogP contribution in [0.1, 0.15) is 38.5 Å². The van der Waals surface area contributed by atoms with E-state index in [0.29, 0.717) is 28.7 Å². The molecule has 1 aliphatic heterocycles. The summed E-state index contributed by atoms with van der Waals surface area (Å²) in [6.07, 6.45) is 0. The maximum absolute atomic E-state index is 12.7. The standard InChI is InChI=1S/C31H22Cl2N2O4/c1-18-2-4-19(5-3-18)17-37-22-9-6-20(7-10-22)29-25-13-11-23(15-28(25)39-30(35)26(29)16-34)38-31(36)24-12-8-21(32)14-27(24)33/h2-15,29H,17,35H2,1H3. The third-order valence-corrected chi connectivity index (χ3v) is 6.84. The van der Waals surface area contributed by atoms with E-state index in [2.05, 4.69) is 6.07 Å². The molecule has 0 radical (unpaired) electrons. The highest BCUT2D eigenvalue weighted by atomic mass is 35.5. The SMILES string of the molecule is Cc1ccc(COc2ccc(C3C(C#N)=C(N)Oc4cc(OC(=O)c5ccc(Cl)cc5Cl)ccc43)cc2)cc1. The van der Waals surface area contributed by atoms with Gasteiger partial charge >= 0.3 is 5.97 Å². The van der Waals surface area contributed by atoms with Gasteiger partial charge in [-0.05, 0) is 54.4 Å². The molecule has 0 aromatic heterocycles. The van der Waals surface area contributed by atoms with Gasteiger partial charge in [-0.25, -0.2) is 4.79 Å². The van der Waals surface area contributed by atoms with Crippen molar-refractivity contribution >= 4 is 29.2 Å². The highest BCUT2D eigenvalue weighted by Crippen LogP contribution is 2.43. The van der Waals surface area contributed by atoms with E-state index >= 15 is 0 Å². The highest BCUT2D eigenvalue weighted by Gasteiger charge is 2.31. The zero-order chi connectivity index (χ0) is 27.5. The first kappa shape index (κ1) is 26.2. The number of allylic oxidation sites excluding steroid dienone is 1. The van der Waals surface area contributed by atoms with Crippen LogP contribution >= 0.6 is 23.2 Å². The number of halogens is 2. The minimum Gasteiger partial charge on any atom is -0.489 e. The van der Waals surface area contributed by atoms with Crippen LogP contribution in [0.25, 0.3) is 0 Å². The van der Waals surface area contributed by atoms with E-state index in [0.717, 1.165) is 11.1 Å². The van der Waals surface area contributed by atoms with Crippen molar-refractivity contribution < 1.29 is 19.0 Å². The van der Waals surface area contributed by atoms with Crippen LogP contribution in [0.3, 0.4) is 0 Å². The summed E-state index contributed by atoms with van der Waals surface area (Å²) in [4.78, 5) is 12.7. The van der Waals surface area contributed by atoms with E-state index < -0.39 is 11.9 Å². The summed E-state index contributed by atoms with van der Waals surface area (Å²) in [5, 5.41) is 10.5. The second-order valence-electron chi connectivity index (χ2n) is 8.98. The third-order valence-electron chi connectivity index (χ3n) is 6.29. The fourth-order valence-electron chi connectivity index (χ4n) is 4.27. The van der Waals surface area contributed by atoms with Gasteiger partial charge in [0.05, 0.1) is 16.5 Å². The Bertz CT molecular complexity index is 1620. The Morgan fingerprint density at radius 1 is 0.974 bits per heavy atom. The van der Waals surface area contributed by atoms with Crippen molar-refractivity contribution in [3.63, 3.8) is 0 Å². The van der Waals surface area contributed by atoms with Gasteiger partial charge in [0.25, 0.3) is 0 Å². The van der Waals surface area contributed by atoms with E-state index in [9.17, 15) is 10.1 Å². The molecule has 0 spiro atoms. The molecule has 1 aliphatic rings. The lowest BCUT2D eigenvalue weighted by Gasteiger charge is -2.27. The molecule has 0 amide bonds. The number of benzene rings is 4. The molecule has 4 aromatic carbocycles. The van der Waals surface area contributed by atoms with Gasteiger partial charge in [-0.15, -0.1) is 0 Å². The first-order valence-corrected chi connectivity index (χ1v) is 12.7. The van der Waals surface area contributed by atoms with Crippen molar-refractivity contribution in [1.29, 1.82) is 5.26 Å². The van der Waals surface area contributed by atoms with Crippen LogP contribution in [0.4, 0.5) is 0 Å².